The van der Waals surface area contributed by atoms with Gasteiger partial charge in [-0.25, -0.2) is 0 Å². The summed E-state index contributed by atoms with van der Waals surface area (Å²) in [5, 5.41) is 33.0. The zero-order chi connectivity index (χ0) is 21.9. The molecular formula is C27H48O3. The van der Waals surface area contributed by atoms with E-state index in [9.17, 15) is 15.3 Å². The molecule has 0 aromatic rings. The average Bonchev–Trinajstić information content (AvgIpc) is 3.01. The Hall–Kier alpha value is -0.120. The first-order valence-corrected chi connectivity index (χ1v) is 13.1. The van der Waals surface area contributed by atoms with Crippen LogP contribution >= 0.6 is 0 Å². The Labute approximate surface area is 185 Å². The van der Waals surface area contributed by atoms with E-state index in [2.05, 4.69) is 34.6 Å². The maximum Gasteiger partial charge on any atom is 0.0985 e. The maximum atomic E-state index is 11.6. The highest BCUT2D eigenvalue weighted by molar-refractivity contribution is 5.17. The maximum absolute atomic E-state index is 11.6. The molecule has 4 saturated carbocycles. The van der Waals surface area contributed by atoms with Crippen molar-refractivity contribution in [2.75, 3.05) is 0 Å². The molecule has 4 rings (SSSR count). The van der Waals surface area contributed by atoms with Crippen LogP contribution in [0.5, 0.6) is 0 Å². The molecule has 0 spiro atoms. The van der Waals surface area contributed by atoms with Crippen LogP contribution < -0.4 is 0 Å². The molecule has 0 aromatic heterocycles. The monoisotopic (exact) mass is 420 g/mol. The number of rotatable bonds is 5. The number of hydrogen-bond acceptors (Lipinski definition) is 3. The van der Waals surface area contributed by atoms with Gasteiger partial charge in [-0.1, -0.05) is 53.9 Å². The molecule has 10 atom stereocenters. The van der Waals surface area contributed by atoms with Gasteiger partial charge in [-0.15, -0.1) is 0 Å². The van der Waals surface area contributed by atoms with Gasteiger partial charge in [0.1, 0.15) is 0 Å². The standard InChI is InChI=1S/C27H48O3/c1-17(2)7-6-8-18(3)21-9-10-22-20-15-24(29)27(30)16-19(28)11-14-26(27,5)23(20)12-13-25(21,22)4/h17-24,28-30H,6-16H2,1-5H3/t18-,19+,20+,21-,22+,23-,24-,25-,26-,27+/m1/s1. The fourth-order valence-electron chi connectivity index (χ4n) is 9.29. The van der Waals surface area contributed by atoms with E-state index in [1.165, 1.54) is 44.9 Å². The highest BCUT2D eigenvalue weighted by Crippen LogP contribution is 2.69. The second-order valence-corrected chi connectivity index (χ2v) is 12.9. The van der Waals surface area contributed by atoms with Crippen molar-refractivity contribution in [1.29, 1.82) is 0 Å². The Morgan fingerprint density at radius 1 is 0.900 bits per heavy atom. The van der Waals surface area contributed by atoms with Gasteiger partial charge in [0.25, 0.3) is 0 Å². The van der Waals surface area contributed by atoms with Gasteiger partial charge >= 0.3 is 0 Å². The molecule has 0 unspecified atom stereocenters. The minimum absolute atomic E-state index is 0.253. The Morgan fingerprint density at radius 3 is 2.33 bits per heavy atom. The topological polar surface area (TPSA) is 60.7 Å². The quantitative estimate of drug-likeness (QED) is 0.546. The van der Waals surface area contributed by atoms with E-state index in [1.807, 2.05) is 0 Å². The van der Waals surface area contributed by atoms with Gasteiger partial charge in [-0.2, -0.15) is 0 Å². The lowest BCUT2D eigenvalue weighted by Gasteiger charge is -2.65. The molecule has 4 aliphatic rings. The summed E-state index contributed by atoms with van der Waals surface area (Å²) >= 11 is 0. The van der Waals surface area contributed by atoms with Crippen molar-refractivity contribution in [3.05, 3.63) is 0 Å². The summed E-state index contributed by atoms with van der Waals surface area (Å²) in [6.45, 7) is 12.0. The van der Waals surface area contributed by atoms with Crippen molar-refractivity contribution in [2.24, 2.45) is 46.3 Å². The molecule has 0 saturated heterocycles. The Balaban J connectivity index is 1.53. The lowest BCUT2D eigenvalue weighted by atomic mass is 9.42. The summed E-state index contributed by atoms with van der Waals surface area (Å²) in [6.07, 6.45) is 10.7. The molecular weight excluding hydrogens is 372 g/mol. The van der Waals surface area contributed by atoms with E-state index >= 15 is 0 Å². The van der Waals surface area contributed by atoms with E-state index in [-0.39, 0.29) is 5.41 Å². The van der Waals surface area contributed by atoms with Crippen LogP contribution in [0.1, 0.15) is 105 Å². The Kier molecular flexibility index (Phi) is 6.17. The molecule has 0 aliphatic heterocycles. The number of aliphatic hydroxyl groups excluding tert-OH is 2. The third-order valence-electron chi connectivity index (χ3n) is 11.0. The summed E-state index contributed by atoms with van der Waals surface area (Å²) in [7, 11) is 0. The number of aliphatic hydroxyl groups is 3. The van der Waals surface area contributed by atoms with E-state index in [4.69, 9.17) is 0 Å². The Morgan fingerprint density at radius 2 is 1.63 bits per heavy atom. The predicted octanol–water partition coefficient (Wildman–Crippen LogP) is 5.55. The van der Waals surface area contributed by atoms with Crippen LogP contribution in [0.3, 0.4) is 0 Å². The molecule has 3 N–H and O–H groups in total. The summed E-state index contributed by atoms with van der Waals surface area (Å²) in [5.74, 6) is 4.13. The van der Waals surface area contributed by atoms with Crippen LogP contribution in [0, 0.1) is 46.3 Å². The van der Waals surface area contributed by atoms with Crippen molar-refractivity contribution in [3.8, 4) is 0 Å². The highest BCUT2D eigenvalue weighted by Gasteiger charge is 2.67. The van der Waals surface area contributed by atoms with Crippen LogP contribution in [0.4, 0.5) is 0 Å². The molecule has 3 heteroatoms. The zero-order valence-corrected chi connectivity index (χ0v) is 20.2. The lowest BCUT2D eigenvalue weighted by molar-refractivity contribution is -0.264. The van der Waals surface area contributed by atoms with Gasteiger partial charge in [0.2, 0.25) is 0 Å². The van der Waals surface area contributed by atoms with Crippen molar-refractivity contribution in [2.45, 2.75) is 123 Å². The van der Waals surface area contributed by atoms with Gasteiger partial charge < -0.3 is 15.3 Å². The molecule has 0 bridgehead atoms. The second-order valence-electron chi connectivity index (χ2n) is 12.9. The van der Waals surface area contributed by atoms with Gasteiger partial charge in [0.15, 0.2) is 0 Å². The minimum atomic E-state index is -1.11. The lowest BCUT2D eigenvalue weighted by Crippen LogP contribution is -2.68. The van der Waals surface area contributed by atoms with Gasteiger partial charge in [0, 0.05) is 11.8 Å². The first kappa shape index (κ1) is 23.1. The van der Waals surface area contributed by atoms with Crippen LogP contribution in [0.25, 0.3) is 0 Å². The molecule has 3 nitrogen and oxygen atoms in total. The minimum Gasteiger partial charge on any atom is -0.393 e. The molecule has 0 aromatic carbocycles. The SMILES string of the molecule is CC(C)CCC[C@@H](C)[C@H]1CC[C@H]2[C@@H]3C[C@@H](O)[C@@]4(O)C[C@@H](O)CC[C@]4(C)[C@@H]3CC[C@]12C. The molecule has 0 amide bonds. The average molecular weight is 421 g/mol. The van der Waals surface area contributed by atoms with E-state index < -0.39 is 17.8 Å². The van der Waals surface area contributed by atoms with Crippen molar-refractivity contribution in [1.82, 2.24) is 0 Å². The predicted molar refractivity (Wildman–Crippen MR) is 122 cm³/mol. The van der Waals surface area contributed by atoms with E-state index in [1.54, 1.807) is 0 Å². The normalized spacial score (nSPS) is 51.9. The number of hydrogen-bond donors (Lipinski definition) is 3. The summed E-state index contributed by atoms with van der Waals surface area (Å²) in [5.41, 5.74) is -0.962. The first-order valence-electron chi connectivity index (χ1n) is 13.1. The van der Waals surface area contributed by atoms with Gasteiger partial charge in [-0.3, -0.25) is 0 Å². The van der Waals surface area contributed by atoms with Gasteiger partial charge in [0.05, 0.1) is 17.8 Å². The molecule has 174 valence electrons. The zero-order valence-electron chi connectivity index (χ0n) is 20.2. The molecule has 4 fully saturated rings. The fraction of sp³-hybridized carbons (Fsp3) is 1.00. The molecule has 0 heterocycles. The first-order chi connectivity index (χ1) is 14.0. The van der Waals surface area contributed by atoms with E-state index in [0.29, 0.717) is 29.6 Å². The van der Waals surface area contributed by atoms with Crippen molar-refractivity contribution >= 4 is 0 Å². The van der Waals surface area contributed by atoms with E-state index in [0.717, 1.165) is 37.0 Å². The molecule has 0 radical (unpaired) electrons. The Bertz CT molecular complexity index is 619. The third-order valence-corrected chi connectivity index (χ3v) is 11.0. The molecule has 30 heavy (non-hydrogen) atoms. The smallest absolute Gasteiger partial charge is 0.0985 e. The van der Waals surface area contributed by atoms with Crippen LogP contribution in [-0.2, 0) is 0 Å². The highest BCUT2D eigenvalue weighted by atomic mass is 16.3. The number of fused-ring (bicyclic) bond motifs is 5. The largest absolute Gasteiger partial charge is 0.393 e. The van der Waals surface area contributed by atoms with Crippen LogP contribution in [0.2, 0.25) is 0 Å². The van der Waals surface area contributed by atoms with Crippen LogP contribution in [0.15, 0.2) is 0 Å². The molecule has 4 aliphatic carbocycles. The summed E-state index contributed by atoms with van der Waals surface area (Å²) in [6, 6.07) is 0. The van der Waals surface area contributed by atoms with Gasteiger partial charge in [-0.05, 0) is 85.9 Å². The summed E-state index contributed by atoms with van der Waals surface area (Å²) in [4.78, 5) is 0. The summed E-state index contributed by atoms with van der Waals surface area (Å²) < 4.78 is 0. The van der Waals surface area contributed by atoms with Crippen molar-refractivity contribution < 1.29 is 15.3 Å². The van der Waals surface area contributed by atoms with Crippen LogP contribution in [-0.4, -0.2) is 33.1 Å². The van der Waals surface area contributed by atoms with Crippen molar-refractivity contribution in [3.63, 3.8) is 0 Å². The second kappa shape index (κ2) is 8.03. The third kappa shape index (κ3) is 3.41. The fourth-order valence-corrected chi connectivity index (χ4v) is 9.29.